The molecule has 7 nitrogen and oxygen atoms in total. The summed E-state index contributed by atoms with van der Waals surface area (Å²) >= 11 is 0. The Labute approximate surface area is 94.0 Å². The highest BCUT2D eigenvalue weighted by Gasteiger charge is 2.14. The number of carboxylic acid groups (broad SMARTS) is 1. The molecule has 0 saturated carbocycles. The summed E-state index contributed by atoms with van der Waals surface area (Å²) in [4.78, 5) is 23.1. The highest BCUT2D eigenvalue weighted by atomic mass is 16.5. The zero-order valence-corrected chi connectivity index (χ0v) is 9.47. The summed E-state index contributed by atoms with van der Waals surface area (Å²) in [5, 5.41) is 19.7. The molecule has 16 heavy (non-hydrogen) atoms. The van der Waals surface area contributed by atoms with E-state index in [0.717, 1.165) is 0 Å². The van der Waals surface area contributed by atoms with Gasteiger partial charge in [0.25, 0.3) is 0 Å². The molecule has 0 aromatic carbocycles. The third-order valence-corrected chi connectivity index (χ3v) is 2.00. The number of aliphatic carboxylic acids is 1. The number of carbonyl (C=O) groups is 2. The molecule has 0 aliphatic heterocycles. The van der Waals surface area contributed by atoms with E-state index in [4.69, 9.17) is 14.9 Å². The van der Waals surface area contributed by atoms with Crippen molar-refractivity contribution in [3.63, 3.8) is 0 Å². The van der Waals surface area contributed by atoms with Crippen LogP contribution >= 0.6 is 0 Å². The molecule has 0 rings (SSSR count). The summed E-state index contributed by atoms with van der Waals surface area (Å²) in [6.45, 7) is 0.229. The summed E-state index contributed by atoms with van der Waals surface area (Å²) in [6.07, 6.45) is -0.718. The fourth-order valence-electron chi connectivity index (χ4n) is 1.02. The van der Waals surface area contributed by atoms with Crippen LogP contribution in [0.5, 0.6) is 0 Å². The Morgan fingerprint density at radius 1 is 1.50 bits per heavy atom. The minimum atomic E-state index is -0.982. The predicted octanol–water partition coefficient (Wildman–Crippen LogP) is -0.890. The van der Waals surface area contributed by atoms with Crippen molar-refractivity contribution in [1.29, 1.82) is 0 Å². The minimum absolute atomic E-state index is 0.118. The van der Waals surface area contributed by atoms with E-state index >= 15 is 0 Å². The molecule has 0 saturated heterocycles. The van der Waals surface area contributed by atoms with Crippen molar-refractivity contribution in [3.8, 4) is 0 Å². The smallest absolute Gasteiger partial charge is 0.317 e. The number of rotatable bonds is 7. The third kappa shape index (κ3) is 6.20. The first kappa shape index (κ1) is 14.7. The first-order chi connectivity index (χ1) is 7.51. The van der Waals surface area contributed by atoms with Crippen LogP contribution in [0.2, 0.25) is 0 Å². The van der Waals surface area contributed by atoms with Crippen molar-refractivity contribution in [2.75, 3.05) is 33.9 Å². The Balaban J connectivity index is 3.91. The van der Waals surface area contributed by atoms with E-state index < -0.39 is 12.1 Å². The average Bonchev–Trinajstić information content (AvgIpc) is 2.23. The Hall–Kier alpha value is -1.34. The molecular weight excluding hydrogens is 216 g/mol. The van der Waals surface area contributed by atoms with Crippen LogP contribution in [0.1, 0.15) is 6.42 Å². The van der Waals surface area contributed by atoms with Gasteiger partial charge in [0.05, 0.1) is 19.1 Å². The van der Waals surface area contributed by atoms with Gasteiger partial charge in [-0.05, 0) is 0 Å². The van der Waals surface area contributed by atoms with Gasteiger partial charge in [0.2, 0.25) is 0 Å². The van der Waals surface area contributed by atoms with E-state index in [2.05, 4.69) is 5.32 Å². The first-order valence-corrected chi connectivity index (χ1v) is 4.85. The summed E-state index contributed by atoms with van der Waals surface area (Å²) in [5.41, 5.74) is 0. The number of carboxylic acids is 1. The lowest BCUT2D eigenvalue weighted by Crippen LogP contribution is -2.42. The number of methoxy groups -OCH3 is 1. The maximum atomic E-state index is 11.3. The van der Waals surface area contributed by atoms with Gasteiger partial charge in [-0.2, -0.15) is 0 Å². The van der Waals surface area contributed by atoms with Gasteiger partial charge in [0, 0.05) is 27.2 Å². The van der Waals surface area contributed by atoms with Gasteiger partial charge in [-0.3, -0.25) is 4.79 Å². The summed E-state index contributed by atoms with van der Waals surface area (Å²) in [6, 6.07) is -0.374. The number of amides is 2. The van der Waals surface area contributed by atoms with Crippen LogP contribution in [0.4, 0.5) is 4.79 Å². The molecule has 0 aromatic rings. The lowest BCUT2D eigenvalue weighted by molar-refractivity contribution is -0.139. The normalized spacial score (nSPS) is 11.9. The number of aliphatic hydroxyl groups is 1. The molecule has 0 aliphatic carbocycles. The first-order valence-electron chi connectivity index (χ1n) is 4.85. The number of urea groups is 1. The number of hydrogen-bond acceptors (Lipinski definition) is 4. The van der Waals surface area contributed by atoms with E-state index in [0.29, 0.717) is 0 Å². The molecule has 2 amide bonds. The standard InChI is InChI=1S/C9H18N2O5/c1-11(3-4-12)9(15)10-6-7(16-2)5-8(13)14/h7,12H,3-6H2,1-2H3,(H,10,15)(H,13,14). The Morgan fingerprint density at radius 3 is 2.56 bits per heavy atom. The summed E-state index contributed by atoms with van der Waals surface area (Å²) in [7, 11) is 2.92. The van der Waals surface area contributed by atoms with Gasteiger partial charge in [-0.25, -0.2) is 4.79 Å². The number of likely N-dealkylation sites (N-methyl/N-ethyl adjacent to an activating group) is 1. The molecule has 0 fully saturated rings. The second kappa shape index (κ2) is 7.89. The lowest BCUT2D eigenvalue weighted by Gasteiger charge is -2.19. The topological polar surface area (TPSA) is 99.1 Å². The Kier molecular flexibility index (Phi) is 7.23. The summed E-state index contributed by atoms with van der Waals surface area (Å²) in [5.74, 6) is -0.982. The zero-order valence-electron chi connectivity index (χ0n) is 9.47. The second-order valence-corrected chi connectivity index (χ2v) is 3.29. The maximum absolute atomic E-state index is 11.3. The highest BCUT2D eigenvalue weighted by Crippen LogP contribution is 1.96. The van der Waals surface area contributed by atoms with Crippen LogP contribution < -0.4 is 5.32 Å². The van der Waals surface area contributed by atoms with Gasteiger partial charge in [0.1, 0.15) is 0 Å². The molecule has 1 atom stereocenters. The van der Waals surface area contributed by atoms with Gasteiger partial charge >= 0.3 is 12.0 Å². The highest BCUT2D eigenvalue weighted by molar-refractivity contribution is 5.74. The predicted molar refractivity (Wildman–Crippen MR) is 56.2 cm³/mol. The molecule has 7 heteroatoms. The van der Waals surface area contributed by atoms with E-state index in [1.807, 2.05) is 0 Å². The molecule has 0 radical (unpaired) electrons. The lowest BCUT2D eigenvalue weighted by atomic mass is 10.2. The number of nitrogens with zero attached hydrogens (tertiary/aromatic N) is 1. The largest absolute Gasteiger partial charge is 0.481 e. The van der Waals surface area contributed by atoms with Crippen LogP contribution in [0.3, 0.4) is 0 Å². The van der Waals surface area contributed by atoms with Crippen molar-refractivity contribution < 1.29 is 24.5 Å². The van der Waals surface area contributed by atoms with Crippen LogP contribution in [0.15, 0.2) is 0 Å². The quantitative estimate of drug-likeness (QED) is 0.530. The SMILES string of the molecule is COC(CNC(=O)N(C)CCO)CC(=O)O. The third-order valence-electron chi connectivity index (χ3n) is 2.00. The molecule has 0 bridgehead atoms. The van der Waals surface area contributed by atoms with Crippen molar-refractivity contribution in [1.82, 2.24) is 10.2 Å². The molecular formula is C9H18N2O5. The monoisotopic (exact) mass is 234 g/mol. The van der Waals surface area contributed by atoms with Crippen LogP contribution in [0.25, 0.3) is 0 Å². The number of hydrogen-bond donors (Lipinski definition) is 3. The molecule has 0 aliphatic rings. The summed E-state index contributed by atoms with van der Waals surface area (Å²) < 4.78 is 4.89. The molecule has 0 heterocycles. The van der Waals surface area contributed by atoms with Crippen molar-refractivity contribution in [2.45, 2.75) is 12.5 Å². The molecule has 94 valence electrons. The second-order valence-electron chi connectivity index (χ2n) is 3.29. The fourth-order valence-corrected chi connectivity index (χ4v) is 1.02. The number of aliphatic hydroxyl groups excluding tert-OH is 1. The van der Waals surface area contributed by atoms with E-state index in [9.17, 15) is 9.59 Å². The Bertz CT molecular complexity index is 234. The van der Waals surface area contributed by atoms with E-state index in [1.54, 1.807) is 0 Å². The maximum Gasteiger partial charge on any atom is 0.317 e. The fraction of sp³-hybridized carbons (Fsp3) is 0.778. The van der Waals surface area contributed by atoms with Crippen molar-refractivity contribution in [3.05, 3.63) is 0 Å². The molecule has 0 aromatic heterocycles. The zero-order chi connectivity index (χ0) is 12.6. The van der Waals surface area contributed by atoms with Crippen molar-refractivity contribution >= 4 is 12.0 Å². The van der Waals surface area contributed by atoms with E-state index in [1.165, 1.54) is 19.1 Å². The van der Waals surface area contributed by atoms with E-state index in [-0.39, 0.29) is 32.1 Å². The van der Waals surface area contributed by atoms with Crippen LogP contribution in [-0.2, 0) is 9.53 Å². The Morgan fingerprint density at radius 2 is 2.12 bits per heavy atom. The van der Waals surface area contributed by atoms with Crippen LogP contribution in [-0.4, -0.2) is 67.1 Å². The average molecular weight is 234 g/mol. The van der Waals surface area contributed by atoms with Gasteiger partial charge in [-0.1, -0.05) is 0 Å². The number of carbonyl (C=O) groups excluding carboxylic acids is 1. The van der Waals surface area contributed by atoms with Gasteiger partial charge in [-0.15, -0.1) is 0 Å². The number of ether oxygens (including phenoxy) is 1. The van der Waals surface area contributed by atoms with Crippen LogP contribution in [0, 0.1) is 0 Å². The van der Waals surface area contributed by atoms with Gasteiger partial charge < -0.3 is 25.2 Å². The number of nitrogens with one attached hydrogen (secondary N) is 1. The molecule has 0 spiro atoms. The van der Waals surface area contributed by atoms with Gasteiger partial charge in [0.15, 0.2) is 0 Å². The van der Waals surface area contributed by atoms with Crippen molar-refractivity contribution in [2.24, 2.45) is 0 Å². The molecule has 1 unspecified atom stereocenters. The minimum Gasteiger partial charge on any atom is -0.481 e. The molecule has 3 N–H and O–H groups in total.